The highest BCUT2D eigenvalue weighted by atomic mass is 35.5. The number of amides is 1. The van der Waals surface area contributed by atoms with E-state index < -0.39 is 0 Å². The molecule has 1 amide bonds. The van der Waals surface area contributed by atoms with Crippen molar-refractivity contribution in [2.24, 2.45) is 0 Å². The van der Waals surface area contributed by atoms with Crippen LogP contribution in [0.2, 0.25) is 5.02 Å². The van der Waals surface area contributed by atoms with Gasteiger partial charge < -0.3 is 10.4 Å². The molecule has 0 aromatic heterocycles. The van der Waals surface area contributed by atoms with Crippen LogP contribution in [0.4, 0.5) is 5.69 Å². The van der Waals surface area contributed by atoms with Crippen molar-refractivity contribution in [2.45, 2.75) is 33.8 Å². The third-order valence-electron chi connectivity index (χ3n) is 1.86. The van der Waals surface area contributed by atoms with E-state index in [4.69, 9.17) is 16.7 Å². The molecule has 1 rings (SSSR count). The molecule has 1 aromatic rings. The van der Waals surface area contributed by atoms with Gasteiger partial charge in [0.2, 0.25) is 5.91 Å². The second kappa shape index (κ2) is 8.13. The molecule has 0 aliphatic carbocycles. The van der Waals surface area contributed by atoms with Gasteiger partial charge in [-0.1, -0.05) is 44.5 Å². The van der Waals surface area contributed by atoms with Crippen LogP contribution in [0.3, 0.4) is 0 Å². The molecular formula is C12H18ClNO2. The van der Waals surface area contributed by atoms with E-state index in [1.54, 1.807) is 25.1 Å². The Hall–Kier alpha value is -1.06. The van der Waals surface area contributed by atoms with Crippen molar-refractivity contribution in [3.8, 4) is 0 Å². The lowest BCUT2D eigenvalue weighted by Gasteiger charge is -2.10. The lowest BCUT2D eigenvalue weighted by Crippen LogP contribution is -2.11. The van der Waals surface area contributed by atoms with Gasteiger partial charge in [0, 0.05) is 12.0 Å². The number of aliphatic hydroxyl groups excluding tert-OH is 1. The van der Waals surface area contributed by atoms with Crippen molar-refractivity contribution in [3.63, 3.8) is 0 Å². The van der Waals surface area contributed by atoms with Gasteiger partial charge in [-0.3, -0.25) is 4.79 Å². The molecule has 2 N–H and O–H groups in total. The number of para-hydroxylation sites is 1. The van der Waals surface area contributed by atoms with Crippen molar-refractivity contribution < 1.29 is 9.90 Å². The van der Waals surface area contributed by atoms with Gasteiger partial charge in [0.15, 0.2) is 0 Å². The minimum atomic E-state index is -0.139. The highest BCUT2D eigenvalue weighted by molar-refractivity contribution is 6.33. The molecule has 0 saturated heterocycles. The first-order valence-electron chi connectivity index (χ1n) is 5.37. The molecule has 0 atom stereocenters. The predicted octanol–water partition coefficient (Wildman–Crippen LogP) is 3.21. The molecular weight excluding hydrogens is 226 g/mol. The summed E-state index contributed by atoms with van der Waals surface area (Å²) in [7, 11) is 0. The zero-order valence-electron chi connectivity index (χ0n) is 9.88. The summed E-state index contributed by atoms with van der Waals surface area (Å²) >= 11 is 5.88. The van der Waals surface area contributed by atoms with Gasteiger partial charge in [-0.25, -0.2) is 0 Å². The van der Waals surface area contributed by atoms with Crippen molar-refractivity contribution in [3.05, 3.63) is 28.8 Å². The fraction of sp³-hybridized carbons (Fsp3) is 0.417. The topological polar surface area (TPSA) is 49.3 Å². The fourth-order valence-corrected chi connectivity index (χ4v) is 1.31. The number of halogens is 1. The Morgan fingerprint density at radius 1 is 1.44 bits per heavy atom. The van der Waals surface area contributed by atoms with Crippen LogP contribution in [0.1, 0.15) is 32.8 Å². The summed E-state index contributed by atoms with van der Waals surface area (Å²) < 4.78 is 0. The first kappa shape index (κ1) is 14.9. The smallest absolute Gasteiger partial charge is 0.224 e. The summed E-state index contributed by atoms with van der Waals surface area (Å²) in [6.07, 6.45) is 0.385. The second-order valence-electron chi connectivity index (χ2n) is 2.83. The van der Waals surface area contributed by atoms with Gasteiger partial charge in [0.05, 0.1) is 17.3 Å². The summed E-state index contributed by atoms with van der Waals surface area (Å²) in [5.41, 5.74) is 1.13. The molecule has 0 aliphatic heterocycles. The summed E-state index contributed by atoms with van der Waals surface area (Å²) in [5, 5.41) is 12.1. The van der Waals surface area contributed by atoms with Gasteiger partial charge >= 0.3 is 0 Å². The van der Waals surface area contributed by atoms with Crippen molar-refractivity contribution in [1.82, 2.24) is 0 Å². The number of benzene rings is 1. The number of carbonyl (C=O) groups excluding carboxylic acids is 1. The third-order valence-corrected chi connectivity index (χ3v) is 2.17. The fourth-order valence-electron chi connectivity index (χ4n) is 1.07. The van der Waals surface area contributed by atoms with Crippen LogP contribution in [-0.2, 0) is 11.4 Å². The third kappa shape index (κ3) is 4.21. The quantitative estimate of drug-likeness (QED) is 0.857. The molecule has 0 unspecified atom stereocenters. The molecule has 0 aliphatic rings. The number of hydrogen-bond donors (Lipinski definition) is 2. The van der Waals surface area contributed by atoms with Crippen LogP contribution in [-0.4, -0.2) is 11.0 Å². The first-order chi connectivity index (χ1) is 7.69. The maximum absolute atomic E-state index is 11.2. The van der Waals surface area contributed by atoms with Crippen molar-refractivity contribution >= 4 is 23.2 Å². The van der Waals surface area contributed by atoms with E-state index in [0.717, 1.165) is 0 Å². The lowest BCUT2D eigenvalue weighted by atomic mass is 10.2. The molecule has 0 fully saturated rings. The van der Waals surface area contributed by atoms with Gasteiger partial charge in [0.25, 0.3) is 0 Å². The van der Waals surface area contributed by atoms with Crippen LogP contribution in [0, 0.1) is 0 Å². The zero-order chi connectivity index (χ0) is 12.6. The molecule has 0 spiro atoms. The second-order valence-corrected chi connectivity index (χ2v) is 3.24. The van der Waals surface area contributed by atoms with Crippen molar-refractivity contribution in [2.75, 3.05) is 5.32 Å². The van der Waals surface area contributed by atoms with E-state index in [1.165, 1.54) is 0 Å². The highest BCUT2D eigenvalue weighted by Crippen LogP contribution is 2.25. The van der Waals surface area contributed by atoms with Gasteiger partial charge in [-0.05, 0) is 6.07 Å². The Bertz CT molecular complexity index is 340. The van der Waals surface area contributed by atoms with E-state index >= 15 is 0 Å². The van der Waals surface area contributed by atoms with Crippen LogP contribution < -0.4 is 5.32 Å². The molecule has 0 radical (unpaired) electrons. The maximum Gasteiger partial charge on any atom is 0.224 e. The molecule has 0 heterocycles. The number of aliphatic hydroxyl groups is 1. The van der Waals surface area contributed by atoms with Gasteiger partial charge in [-0.2, -0.15) is 0 Å². The Morgan fingerprint density at radius 2 is 2.06 bits per heavy atom. The van der Waals surface area contributed by atoms with Crippen LogP contribution in [0.15, 0.2) is 18.2 Å². The Labute approximate surface area is 101 Å². The first-order valence-corrected chi connectivity index (χ1v) is 5.75. The average molecular weight is 244 g/mol. The Morgan fingerprint density at radius 3 is 2.56 bits per heavy atom. The number of rotatable bonds is 3. The maximum atomic E-state index is 11.2. The molecule has 3 nitrogen and oxygen atoms in total. The summed E-state index contributed by atoms with van der Waals surface area (Å²) in [5.74, 6) is -0.118. The SMILES string of the molecule is CC.CCC(=O)Nc1c(Cl)cccc1CO. The summed E-state index contributed by atoms with van der Waals surface area (Å²) in [4.78, 5) is 11.2. The standard InChI is InChI=1S/C10H12ClNO2.C2H6/c1-2-9(14)12-10-7(6-13)4-3-5-8(10)11;1-2/h3-5,13H,2,6H2,1H3,(H,12,14);1-2H3. The lowest BCUT2D eigenvalue weighted by molar-refractivity contribution is -0.115. The number of nitrogens with one attached hydrogen (secondary N) is 1. The van der Waals surface area contributed by atoms with Gasteiger partial charge in [0.1, 0.15) is 0 Å². The Kier molecular flexibility index (Phi) is 7.60. The van der Waals surface area contributed by atoms with E-state index in [2.05, 4.69) is 5.32 Å². The monoisotopic (exact) mass is 243 g/mol. The summed E-state index contributed by atoms with van der Waals surface area (Å²) in [6, 6.07) is 5.12. The van der Waals surface area contributed by atoms with E-state index in [-0.39, 0.29) is 12.5 Å². The predicted molar refractivity (Wildman–Crippen MR) is 67.6 cm³/mol. The molecule has 4 heteroatoms. The molecule has 16 heavy (non-hydrogen) atoms. The summed E-state index contributed by atoms with van der Waals surface area (Å²) in [6.45, 7) is 5.62. The molecule has 1 aromatic carbocycles. The minimum Gasteiger partial charge on any atom is -0.392 e. The van der Waals surface area contributed by atoms with E-state index in [0.29, 0.717) is 22.7 Å². The zero-order valence-corrected chi connectivity index (χ0v) is 10.6. The molecule has 90 valence electrons. The molecule has 0 bridgehead atoms. The minimum absolute atomic E-state index is 0.118. The van der Waals surface area contributed by atoms with Crippen LogP contribution >= 0.6 is 11.6 Å². The number of carbonyl (C=O) groups is 1. The van der Waals surface area contributed by atoms with Gasteiger partial charge in [-0.15, -0.1) is 0 Å². The highest BCUT2D eigenvalue weighted by Gasteiger charge is 2.08. The van der Waals surface area contributed by atoms with Crippen LogP contribution in [0.5, 0.6) is 0 Å². The normalized spacial score (nSPS) is 9.06. The largest absolute Gasteiger partial charge is 0.392 e. The number of anilines is 1. The number of hydrogen-bond acceptors (Lipinski definition) is 2. The van der Waals surface area contributed by atoms with Crippen LogP contribution in [0.25, 0.3) is 0 Å². The van der Waals surface area contributed by atoms with E-state index in [1.807, 2.05) is 13.8 Å². The molecule has 0 saturated carbocycles. The Balaban J connectivity index is 0.00000106. The van der Waals surface area contributed by atoms with E-state index in [9.17, 15) is 4.79 Å². The van der Waals surface area contributed by atoms with Crippen molar-refractivity contribution in [1.29, 1.82) is 0 Å². The average Bonchev–Trinajstić information content (AvgIpc) is 2.34.